The number of hydroxylamine groups is 1. The summed E-state index contributed by atoms with van der Waals surface area (Å²) in [5, 5.41) is 0.455. The van der Waals surface area contributed by atoms with E-state index in [-0.39, 0.29) is 27.2 Å². The van der Waals surface area contributed by atoms with Crippen molar-refractivity contribution in [3.05, 3.63) is 27.7 Å². The fraction of sp³-hybridized carbons (Fsp3) is 0.500. The summed E-state index contributed by atoms with van der Waals surface area (Å²) in [5.74, 6) is -1.01. The summed E-state index contributed by atoms with van der Waals surface area (Å²) in [6, 6.07) is 2.72. The van der Waals surface area contributed by atoms with Crippen molar-refractivity contribution in [2.24, 2.45) is 11.8 Å². The van der Waals surface area contributed by atoms with Gasteiger partial charge in [0.15, 0.2) is 0 Å². The summed E-state index contributed by atoms with van der Waals surface area (Å²) < 4.78 is 0. The third-order valence-corrected chi connectivity index (χ3v) is 5.03. The highest BCUT2D eigenvalue weighted by Crippen LogP contribution is 2.30. The van der Waals surface area contributed by atoms with Gasteiger partial charge in [-0.1, -0.05) is 49.4 Å². The number of halogens is 2. The molecule has 7 heteroatoms. The zero-order valence-electron chi connectivity index (χ0n) is 12.9. The Kier molecular flexibility index (Phi) is 6.13. The zero-order valence-corrected chi connectivity index (χ0v) is 14.4. The number of carbonyl (C=O) groups excluding carboxylic acids is 2. The molecule has 1 saturated carbocycles. The molecule has 5 nitrogen and oxygen atoms in total. The third-order valence-electron chi connectivity index (χ3n) is 4.31. The Morgan fingerprint density at radius 3 is 2.48 bits per heavy atom. The van der Waals surface area contributed by atoms with Gasteiger partial charge in [0, 0.05) is 5.69 Å². The monoisotopic (exact) mass is 358 g/mol. The number of nitrogen functional groups attached to an aromatic ring is 1. The molecule has 1 aliphatic rings. The molecule has 3 N–H and O–H groups in total. The van der Waals surface area contributed by atoms with Crippen molar-refractivity contribution in [1.29, 1.82) is 0 Å². The Balaban J connectivity index is 1.93. The smallest absolute Gasteiger partial charge is 0.335 e. The number of hydrogen-bond donors (Lipinski definition) is 2. The molecule has 0 heterocycles. The van der Waals surface area contributed by atoms with E-state index in [0.29, 0.717) is 5.92 Å². The number of benzene rings is 1. The Labute approximate surface area is 145 Å². The first-order valence-corrected chi connectivity index (χ1v) is 8.41. The van der Waals surface area contributed by atoms with E-state index in [0.717, 1.165) is 25.7 Å². The van der Waals surface area contributed by atoms with Crippen LogP contribution in [-0.2, 0) is 9.63 Å². The number of carbonyl (C=O) groups is 2. The molecule has 0 spiro atoms. The molecule has 0 saturated heterocycles. The van der Waals surface area contributed by atoms with Gasteiger partial charge in [0.05, 0.1) is 21.5 Å². The van der Waals surface area contributed by atoms with Crippen molar-refractivity contribution in [3.8, 4) is 0 Å². The Bertz CT molecular complexity index is 601. The summed E-state index contributed by atoms with van der Waals surface area (Å²) in [7, 11) is 0. The van der Waals surface area contributed by atoms with E-state index in [1.165, 1.54) is 18.6 Å². The number of rotatable bonds is 3. The van der Waals surface area contributed by atoms with E-state index in [2.05, 4.69) is 5.48 Å². The summed E-state index contributed by atoms with van der Waals surface area (Å²) in [6.07, 6.45) is 5.52. The van der Waals surface area contributed by atoms with Gasteiger partial charge in [0.1, 0.15) is 0 Å². The lowest BCUT2D eigenvalue weighted by atomic mass is 9.81. The van der Waals surface area contributed by atoms with Gasteiger partial charge in [0.25, 0.3) is 5.91 Å². The van der Waals surface area contributed by atoms with Crippen molar-refractivity contribution in [3.63, 3.8) is 0 Å². The Morgan fingerprint density at radius 1 is 1.22 bits per heavy atom. The van der Waals surface area contributed by atoms with Crippen LogP contribution in [-0.4, -0.2) is 11.9 Å². The number of anilines is 1. The van der Waals surface area contributed by atoms with Crippen molar-refractivity contribution in [2.45, 2.75) is 39.0 Å². The minimum absolute atomic E-state index is 0.109. The van der Waals surface area contributed by atoms with Crippen LogP contribution in [0.25, 0.3) is 0 Å². The molecule has 1 amide bonds. The normalized spacial score (nSPS) is 16.7. The molecule has 1 atom stereocenters. The highest BCUT2D eigenvalue weighted by molar-refractivity contribution is 6.42. The Morgan fingerprint density at radius 2 is 1.83 bits per heavy atom. The molecule has 1 fully saturated rings. The van der Waals surface area contributed by atoms with E-state index in [4.69, 9.17) is 33.8 Å². The van der Waals surface area contributed by atoms with Gasteiger partial charge in [-0.05, 0) is 30.9 Å². The van der Waals surface area contributed by atoms with Crippen LogP contribution in [0.2, 0.25) is 10.0 Å². The third kappa shape index (κ3) is 4.52. The van der Waals surface area contributed by atoms with Crippen LogP contribution in [0, 0.1) is 11.8 Å². The maximum Gasteiger partial charge on any atom is 0.335 e. The van der Waals surface area contributed by atoms with Crippen molar-refractivity contribution >= 4 is 40.8 Å². The second kappa shape index (κ2) is 7.88. The molecule has 0 bridgehead atoms. The van der Waals surface area contributed by atoms with E-state index in [1.807, 2.05) is 6.92 Å². The first-order chi connectivity index (χ1) is 10.9. The van der Waals surface area contributed by atoms with Crippen LogP contribution in [0.4, 0.5) is 5.69 Å². The predicted molar refractivity (Wildman–Crippen MR) is 90.2 cm³/mol. The maximum atomic E-state index is 12.1. The summed E-state index contributed by atoms with van der Waals surface area (Å²) in [6.45, 7) is 1.83. The Hall–Kier alpha value is -1.46. The first-order valence-electron chi connectivity index (χ1n) is 7.65. The maximum absolute atomic E-state index is 12.1. The van der Waals surface area contributed by atoms with E-state index < -0.39 is 11.9 Å². The second-order valence-corrected chi connectivity index (χ2v) is 6.71. The number of amides is 1. The largest absolute Gasteiger partial charge is 0.398 e. The molecule has 0 radical (unpaired) electrons. The molecule has 23 heavy (non-hydrogen) atoms. The molecule has 0 aromatic heterocycles. The molecular weight excluding hydrogens is 339 g/mol. The molecule has 2 rings (SSSR count). The van der Waals surface area contributed by atoms with Crippen LogP contribution in [0.15, 0.2) is 12.1 Å². The van der Waals surface area contributed by atoms with Gasteiger partial charge >= 0.3 is 5.97 Å². The number of nitrogens with two attached hydrogens (primary N) is 1. The number of nitrogens with one attached hydrogen (secondary N) is 1. The fourth-order valence-corrected chi connectivity index (χ4v) is 3.17. The minimum atomic E-state index is -0.634. The van der Waals surface area contributed by atoms with E-state index in [1.54, 1.807) is 0 Å². The quantitative estimate of drug-likeness (QED) is 0.632. The van der Waals surface area contributed by atoms with Crippen molar-refractivity contribution < 1.29 is 14.4 Å². The average molecular weight is 359 g/mol. The van der Waals surface area contributed by atoms with Crippen molar-refractivity contribution in [1.82, 2.24) is 5.48 Å². The van der Waals surface area contributed by atoms with Gasteiger partial charge in [-0.15, -0.1) is 0 Å². The van der Waals surface area contributed by atoms with Gasteiger partial charge in [0.2, 0.25) is 0 Å². The van der Waals surface area contributed by atoms with E-state index >= 15 is 0 Å². The summed E-state index contributed by atoms with van der Waals surface area (Å²) in [4.78, 5) is 29.1. The molecule has 0 aliphatic heterocycles. The highest BCUT2D eigenvalue weighted by Gasteiger charge is 2.27. The summed E-state index contributed by atoms with van der Waals surface area (Å²) in [5.41, 5.74) is 8.14. The van der Waals surface area contributed by atoms with Crippen LogP contribution < -0.4 is 11.2 Å². The first kappa shape index (κ1) is 17.9. The SMILES string of the molecule is C[C@H](C(=O)ONC(=O)c1cc(Cl)c(Cl)cc1N)C1CCCCC1. The standard InChI is InChI=1S/C16H20Cl2N2O3/c1-9(10-5-3-2-4-6-10)16(22)23-20-15(21)11-7-12(17)13(18)8-14(11)19/h7-10H,2-6,19H2,1H3,(H,20,21)/t9-/m0/s1. The molecular formula is C16H20Cl2N2O3. The van der Waals surface area contributed by atoms with Crippen LogP contribution in [0.1, 0.15) is 49.4 Å². The fourth-order valence-electron chi connectivity index (χ4n) is 2.83. The summed E-state index contributed by atoms with van der Waals surface area (Å²) >= 11 is 11.7. The van der Waals surface area contributed by atoms with Gasteiger partial charge < -0.3 is 10.6 Å². The lowest BCUT2D eigenvalue weighted by Crippen LogP contribution is -2.33. The predicted octanol–water partition coefficient (Wildman–Crippen LogP) is 3.98. The van der Waals surface area contributed by atoms with Crippen LogP contribution in [0.5, 0.6) is 0 Å². The highest BCUT2D eigenvalue weighted by atomic mass is 35.5. The lowest BCUT2D eigenvalue weighted by molar-refractivity contribution is -0.155. The molecule has 1 aromatic carbocycles. The number of hydrogen-bond acceptors (Lipinski definition) is 4. The topological polar surface area (TPSA) is 81.4 Å². The molecule has 0 unspecified atom stereocenters. The van der Waals surface area contributed by atoms with Crippen LogP contribution in [0.3, 0.4) is 0 Å². The zero-order chi connectivity index (χ0) is 17.0. The average Bonchev–Trinajstić information content (AvgIpc) is 2.55. The van der Waals surface area contributed by atoms with Gasteiger partial charge in [-0.2, -0.15) is 5.48 Å². The molecule has 1 aromatic rings. The van der Waals surface area contributed by atoms with Gasteiger partial charge in [-0.25, -0.2) is 4.79 Å². The van der Waals surface area contributed by atoms with E-state index in [9.17, 15) is 9.59 Å². The lowest BCUT2D eigenvalue weighted by Gasteiger charge is -2.25. The second-order valence-electron chi connectivity index (χ2n) is 5.89. The van der Waals surface area contributed by atoms with Gasteiger partial charge in [-0.3, -0.25) is 4.79 Å². The molecule has 126 valence electrons. The minimum Gasteiger partial charge on any atom is -0.398 e. The van der Waals surface area contributed by atoms with Crippen molar-refractivity contribution in [2.75, 3.05) is 5.73 Å². The molecule has 1 aliphatic carbocycles. The van der Waals surface area contributed by atoms with Crippen LogP contribution >= 0.6 is 23.2 Å².